The van der Waals surface area contributed by atoms with Gasteiger partial charge in [-0.15, -0.1) is 0 Å². The van der Waals surface area contributed by atoms with Gasteiger partial charge >= 0.3 is 0 Å². The Balaban J connectivity index is 2.76. The van der Waals surface area contributed by atoms with E-state index in [-0.39, 0.29) is 5.91 Å². The lowest BCUT2D eigenvalue weighted by atomic mass is 10.1. The maximum absolute atomic E-state index is 11.8. The molecule has 0 heterocycles. The molecule has 0 bridgehead atoms. The van der Waals surface area contributed by atoms with Gasteiger partial charge in [0.1, 0.15) is 0 Å². The van der Waals surface area contributed by atoms with Crippen molar-refractivity contribution in [1.82, 2.24) is 0 Å². The molecule has 1 rings (SSSR count). The third-order valence-corrected chi connectivity index (χ3v) is 3.27. The van der Waals surface area contributed by atoms with Crippen molar-refractivity contribution < 1.29 is 4.79 Å². The number of nitrogens with one attached hydrogen (secondary N) is 1. The van der Waals surface area contributed by atoms with E-state index in [1.165, 1.54) is 12.1 Å². The van der Waals surface area contributed by atoms with E-state index in [4.69, 9.17) is 40.5 Å². The highest BCUT2D eigenvalue weighted by Gasteiger charge is 2.16. The number of hydrogen-bond acceptors (Lipinski definition) is 2. The fourth-order valence-corrected chi connectivity index (χ4v) is 2.34. The summed E-state index contributed by atoms with van der Waals surface area (Å²) < 4.78 is 0. The first kappa shape index (κ1) is 15.6. The lowest BCUT2D eigenvalue weighted by Crippen LogP contribution is -2.35. The molecule has 0 fully saturated rings. The second-order valence-electron chi connectivity index (χ2n) is 3.98. The van der Waals surface area contributed by atoms with Crippen LogP contribution in [0, 0.1) is 0 Å². The van der Waals surface area contributed by atoms with Crippen LogP contribution in [-0.4, -0.2) is 11.9 Å². The Morgan fingerprint density at radius 2 is 1.89 bits per heavy atom. The molecule has 1 amide bonds. The number of carbonyl (C=O) groups is 1. The van der Waals surface area contributed by atoms with Crippen LogP contribution in [0.1, 0.15) is 26.2 Å². The minimum atomic E-state index is -0.562. The van der Waals surface area contributed by atoms with Gasteiger partial charge in [0.25, 0.3) is 0 Å². The molecule has 0 saturated heterocycles. The predicted octanol–water partition coefficient (Wildman–Crippen LogP) is 4.10. The molecular formula is C12H15Cl3N2O. The van der Waals surface area contributed by atoms with Crippen molar-refractivity contribution >= 4 is 46.4 Å². The van der Waals surface area contributed by atoms with Crippen LogP contribution in [0.3, 0.4) is 0 Å². The van der Waals surface area contributed by atoms with E-state index >= 15 is 0 Å². The van der Waals surface area contributed by atoms with Gasteiger partial charge in [0.05, 0.1) is 21.8 Å². The average Bonchev–Trinajstić information content (AvgIpc) is 2.30. The van der Waals surface area contributed by atoms with Gasteiger partial charge in [-0.2, -0.15) is 0 Å². The summed E-state index contributed by atoms with van der Waals surface area (Å²) in [5.74, 6) is -0.297. The molecule has 100 valence electrons. The summed E-state index contributed by atoms with van der Waals surface area (Å²) in [4.78, 5) is 11.8. The summed E-state index contributed by atoms with van der Waals surface area (Å²) in [5.41, 5.74) is 6.10. The molecule has 1 unspecified atom stereocenters. The van der Waals surface area contributed by atoms with Crippen LogP contribution in [0.2, 0.25) is 15.1 Å². The van der Waals surface area contributed by atoms with Crippen molar-refractivity contribution in [3.8, 4) is 0 Å². The van der Waals surface area contributed by atoms with Crippen molar-refractivity contribution in [2.45, 2.75) is 32.2 Å². The smallest absolute Gasteiger partial charge is 0.241 e. The zero-order valence-corrected chi connectivity index (χ0v) is 12.2. The minimum Gasteiger partial charge on any atom is -0.322 e. The average molecular weight is 310 g/mol. The third-order valence-electron chi connectivity index (χ3n) is 2.46. The molecular weight excluding hydrogens is 295 g/mol. The summed E-state index contributed by atoms with van der Waals surface area (Å²) in [5, 5.41) is 3.63. The monoisotopic (exact) mass is 308 g/mol. The predicted molar refractivity (Wildman–Crippen MR) is 77.6 cm³/mol. The number of halogens is 3. The highest BCUT2D eigenvalue weighted by atomic mass is 35.5. The summed E-state index contributed by atoms with van der Waals surface area (Å²) in [6, 6.07) is 2.47. The summed E-state index contributed by atoms with van der Waals surface area (Å²) in [7, 11) is 0. The minimum absolute atomic E-state index is 0.295. The van der Waals surface area contributed by atoms with E-state index in [9.17, 15) is 4.79 Å². The van der Waals surface area contributed by atoms with Crippen LogP contribution < -0.4 is 11.1 Å². The SMILES string of the molecule is CCCCC(N)C(=O)Nc1c(Cl)cc(Cl)cc1Cl. The Kier molecular flexibility index (Phi) is 6.22. The summed E-state index contributed by atoms with van der Waals surface area (Å²) in [6.07, 6.45) is 2.52. The van der Waals surface area contributed by atoms with Gasteiger partial charge in [-0.3, -0.25) is 4.79 Å². The zero-order chi connectivity index (χ0) is 13.7. The number of carbonyl (C=O) groups excluding carboxylic acids is 1. The summed E-state index contributed by atoms with van der Waals surface area (Å²) >= 11 is 17.7. The van der Waals surface area contributed by atoms with Gasteiger partial charge in [-0.05, 0) is 18.6 Å². The van der Waals surface area contributed by atoms with E-state index in [0.29, 0.717) is 27.2 Å². The van der Waals surface area contributed by atoms with Crippen molar-refractivity contribution in [2.24, 2.45) is 5.73 Å². The Morgan fingerprint density at radius 1 is 1.33 bits per heavy atom. The molecule has 1 aromatic rings. The van der Waals surface area contributed by atoms with Gasteiger partial charge in [0, 0.05) is 5.02 Å². The lowest BCUT2D eigenvalue weighted by molar-refractivity contribution is -0.117. The maximum atomic E-state index is 11.8. The maximum Gasteiger partial charge on any atom is 0.241 e. The first-order valence-electron chi connectivity index (χ1n) is 5.66. The van der Waals surface area contributed by atoms with Crippen LogP contribution in [0.4, 0.5) is 5.69 Å². The molecule has 6 heteroatoms. The van der Waals surface area contributed by atoms with Gasteiger partial charge in [-0.1, -0.05) is 54.6 Å². The topological polar surface area (TPSA) is 55.1 Å². The fraction of sp³-hybridized carbons (Fsp3) is 0.417. The molecule has 3 nitrogen and oxygen atoms in total. The molecule has 0 aliphatic carbocycles. The van der Waals surface area contributed by atoms with Gasteiger partial charge in [0.15, 0.2) is 0 Å². The Bertz CT molecular complexity index is 414. The van der Waals surface area contributed by atoms with Crippen LogP contribution in [-0.2, 0) is 4.79 Å². The highest BCUT2D eigenvalue weighted by Crippen LogP contribution is 2.33. The molecule has 18 heavy (non-hydrogen) atoms. The first-order valence-corrected chi connectivity index (χ1v) is 6.80. The van der Waals surface area contributed by atoms with Crippen molar-refractivity contribution in [3.05, 3.63) is 27.2 Å². The first-order chi connectivity index (χ1) is 8.45. The van der Waals surface area contributed by atoms with Crippen molar-refractivity contribution in [1.29, 1.82) is 0 Å². The Labute approximate surface area is 122 Å². The quantitative estimate of drug-likeness (QED) is 0.860. The Morgan fingerprint density at radius 3 is 2.39 bits per heavy atom. The molecule has 0 aromatic heterocycles. The number of anilines is 1. The normalized spacial score (nSPS) is 12.3. The van der Waals surface area contributed by atoms with Crippen LogP contribution in [0.5, 0.6) is 0 Å². The van der Waals surface area contributed by atoms with Gasteiger partial charge in [-0.25, -0.2) is 0 Å². The standard InChI is InChI=1S/C12H15Cl3N2O/c1-2-3-4-10(16)12(18)17-11-8(14)5-7(13)6-9(11)15/h5-6,10H,2-4,16H2,1H3,(H,17,18). The third kappa shape index (κ3) is 4.32. The van der Waals surface area contributed by atoms with E-state index in [2.05, 4.69) is 5.32 Å². The molecule has 0 aliphatic heterocycles. The number of benzene rings is 1. The van der Waals surface area contributed by atoms with E-state index in [1.807, 2.05) is 6.92 Å². The second-order valence-corrected chi connectivity index (χ2v) is 5.23. The Hall–Kier alpha value is -0.480. The van der Waals surface area contributed by atoms with Crippen molar-refractivity contribution in [2.75, 3.05) is 5.32 Å². The molecule has 3 N–H and O–H groups in total. The number of hydrogen-bond donors (Lipinski definition) is 2. The largest absolute Gasteiger partial charge is 0.322 e. The number of amides is 1. The van der Waals surface area contributed by atoms with E-state index in [0.717, 1.165) is 12.8 Å². The van der Waals surface area contributed by atoms with E-state index in [1.54, 1.807) is 0 Å². The molecule has 1 aromatic carbocycles. The fourth-order valence-electron chi connectivity index (χ4n) is 1.43. The molecule has 0 saturated carbocycles. The molecule has 0 radical (unpaired) electrons. The molecule has 1 atom stereocenters. The second kappa shape index (κ2) is 7.19. The zero-order valence-electron chi connectivity index (χ0n) is 9.97. The van der Waals surface area contributed by atoms with Gasteiger partial charge in [0.2, 0.25) is 5.91 Å². The number of rotatable bonds is 5. The highest BCUT2D eigenvalue weighted by molar-refractivity contribution is 6.42. The number of unbranched alkanes of at least 4 members (excludes halogenated alkanes) is 1. The van der Waals surface area contributed by atoms with Crippen LogP contribution in [0.15, 0.2) is 12.1 Å². The molecule has 0 aliphatic rings. The van der Waals surface area contributed by atoms with Gasteiger partial charge < -0.3 is 11.1 Å². The lowest BCUT2D eigenvalue weighted by Gasteiger charge is -2.14. The van der Waals surface area contributed by atoms with Crippen molar-refractivity contribution in [3.63, 3.8) is 0 Å². The molecule has 0 spiro atoms. The summed E-state index contributed by atoms with van der Waals surface area (Å²) in [6.45, 7) is 2.04. The van der Waals surface area contributed by atoms with Crippen LogP contribution in [0.25, 0.3) is 0 Å². The van der Waals surface area contributed by atoms with Crippen LogP contribution >= 0.6 is 34.8 Å². The van der Waals surface area contributed by atoms with E-state index < -0.39 is 6.04 Å². The number of nitrogens with two attached hydrogens (primary N) is 1.